The van der Waals surface area contributed by atoms with Crippen LogP contribution in [0.25, 0.3) is 0 Å². The highest BCUT2D eigenvalue weighted by Gasteiger charge is 2.52. The Kier molecular flexibility index (Phi) is 10.7. The smallest absolute Gasteiger partial charge is 0.217 e. The van der Waals surface area contributed by atoms with Crippen LogP contribution in [0.15, 0.2) is 0 Å². The maximum absolute atomic E-state index is 11.4. The third-order valence-corrected chi connectivity index (χ3v) is 4.47. The zero-order valence-corrected chi connectivity index (χ0v) is 17.7. The molecule has 10 nitrogen and oxygen atoms in total. The van der Waals surface area contributed by atoms with Crippen LogP contribution in [0.4, 0.5) is 0 Å². The number of hydrogen-bond acceptors (Lipinski definition) is 9. The summed E-state index contributed by atoms with van der Waals surface area (Å²) in [5, 5.41) is 2.87. The van der Waals surface area contributed by atoms with Gasteiger partial charge in [0.05, 0.1) is 65.5 Å². The SMILES string of the molecule is CC(=O)N[C@@H]1CO[C@H](COCCOCCOCCOCCN)[C@@H]2OC(C)(C)O[C@@H]21. The van der Waals surface area contributed by atoms with Gasteiger partial charge in [-0.25, -0.2) is 0 Å². The van der Waals surface area contributed by atoms with E-state index in [9.17, 15) is 4.79 Å². The predicted octanol–water partition coefficient (Wildman–Crippen LogP) is -0.565. The number of carbonyl (C=O) groups is 1. The lowest BCUT2D eigenvalue weighted by atomic mass is 9.98. The third-order valence-electron chi connectivity index (χ3n) is 4.47. The van der Waals surface area contributed by atoms with Crippen LogP contribution in [0.2, 0.25) is 0 Å². The normalized spacial score (nSPS) is 28.3. The second-order valence-electron chi connectivity index (χ2n) is 7.44. The van der Waals surface area contributed by atoms with Crippen LogP contribution in [-0.4, -0.2) is 102 Å². The molecule has 170 valence electrons. The summed E-state index contributed by atoms with van der Waals surface area (Å²) in [7, 11) is 0. The van der Waals surface area contributed by atoms with Crippen molar-refractivity contribution in [2.24, 2.45) is 5.73 Å². The zero-order valence-electron chi connectivity index (χ0n) is 17.7. The van der Waals surface area contributed by atoms with Crippen molar-refractivity contribution in [2.45, 2.75) is 50.9 Å². The summed E-state index contributed by atoms with van der Waals surface area (Å²) in [5.74, 6) is -0.846. The van der Waals surface area contributed by atoms with Gasteiger partial charge < -0.3 is 44.2 Å². The molecular weight excluding hydrogens is 384 g/mol. The standard InChI is InChI=1S/C19H36N2O8/c1-14(22)21-15-12-27-16(18-17(15)28-19(2,3)29-18)13-26-11-10-25-9-8-24-7-6-23-5-4-20/h15-18H,4-13,20H2,1-3H3,(H,21,22)/t15-,16-,17-,18+/m1/s1. The number of amides is 1. The lowest BCUT2D eigenvalue weighted by Gasteiger charge is -2.37. The Hall–Kier alpha value is -0.850. The van der Waals surface area contributed by atoms with Crippen LogP contribution >= 0.6 is 0 Å². The molecule has 4 atom stereocenters. The lowest BCUT2D eigenvalue weighted by Crippen LogP contribution is -2.58. The molecule has 0 aromatic heterocycles. The molecule has 0 unspecified atom stereocenters. The Bertz CT molecular complexity index is 479. The van der Waals surface area contributed by atoms with Gasteiger partial charge in [-0.3, -0.25) is 4.79 Å². The first kappa shape index (κ1) is 24.4. The minimum absolute atomic E-state index is 0.121. The topological polar surface area (TPSA) is 120 Å². The van der Waals surface area contributed by atoms with Gasteiger partial charge in [0, 0.05) is 13.5 Å². The van der Waals surface area contributed by atoms with E-state index in [0.29, 0.717) is 66.0 Å². The first-order valence-electron chi connectivity index (χ1n) is 10.2. The summed E-state index contributed by atoms with van der Waals surface area (Å²) in [6, 6.07) is -0.237. The second-order valence-corrected chi connectivity index (χ2v) is 7.44. The van der Waals surface area contributed by atoms with E-state index in [1.807, 2.05) is 13.8 Å². The fourth-order valence-electron chi connectivity index (χ4n) is 3.30. The van der Waals surface area contributed by atoms with E-state index in [0.717, 1.165) is 0 Å². The van der Waals surface area contributed by atoms with Crippen molar-refractivity contribution in [1.82, 2.24) is 5.32 Å². The Morgan fingerprint density at radius 1 is 0.966 bits per heavy atom. The van der Waals surface area contributed by atoms with Crippen molar-refractivity contribution in [3.8, 4) is 0 Å². The molecule has 0 saturated carbocycles. The van der Waals surface area contributed by atoms with Crippen LogP contribution in [0.1, 0.15) is 20.8 Å². The maximum atomic E-state index is 11.4. The number of nitrogens with two attached hydrogens (primary N) is 1. The van der Waals surface area contributed by atoms with E-state index in [-0.39, 0.29) is 30.3 Å². The van der Waals surface area contributed by atoms with Crippen molar-refractivity contribution in [3.63, 3.8) is 0 Å². The first-order valence-corrected chi connectivity index (χ1v) is 10.2. The number of ether oxygens (including phenoxy) is 7. The number of hydrogen-bond donors (Lipinski definition) is 2. The van der Waals surface area contributed by atoms with Crippen LogP contribution in [-0.2, 0) is 38.0 Å². The molecule has 0 aliphatic carbocycles. The average molecular weight is 421 g/mol. The summed E-state index contributed by atoms with van der Waals surface area (Å²) in [6.45, 7) is 9.95. The van der Waals surface area contributed by atoms with E-state index >= 15 is 0 Å². The zero-order chi connectivity index (χ0) is 21.1. The Morgan fingerprint density at radius 2 is 1.52 bits per heavy atom. The quantitative estimate of drug-likeness (QED) is 0.356. The summed E-state index contributed by atoms with van der Waals surface area (Å²) < 4.78 is 39.6. The number of fused-ring (bicyclic) bond motifs is 1. The van der Waals surface area contributed by atoms with Crippen molar-refractivity contribution >= 4 is 5.91 Å². The third kappa shape index (κ3) is 8.81. The van der Waals surface area contributed by atoms with Gasteiger partial charge in [0.2, 0.25) is 5.91 Å². The predicted molar refractivity (Wildman–Crippen MR) is 104 cm³/mol. The largest absolute Gasteiger partial charge is 0.378 e. The molecule has 0 radical (unpaired) electrons. The fraction of sp³-hybridized carbons (Fsp3) is 0.947. The van der Waals surface area contributed by atoms with E-state index in [4.69, 9.17) is 38.9 Å². The van der Waals surface area contributed by atoms with Gasteiger partial charge in [0.1, 0.15) is 18.3 Å². The molecule has 2 saturated heterocycles. The maximum Gasteiger partial charge on any atom is 0.217 e. The molecule has 2 fully saturated rings. The van der Waals surface area contributed by atoms with Gasteiger partial charge >= 0.3 is 0 Å². The van der Waals surface area contributed by atoms with E-state index in [1.54, 1.807) is 0 Å². The van der Waals surface area contributed by atoms with Crippen molar-refractivity contribution in [2.75, 3.05) is 66.0 Å². The molecule has 0 aromatic carbocycles. The molecule has 0 spiro atoms. The highest BCUT2D eigenvalue weighted by atomic mass is 16.8. The molecule has 10 heteroatoms. The van der Waals surface area contributed by atoms with Crippen LogP contribution in [0.5, 0.6) is 0 Å². The Labute approximate surface area is 172 Å². The van der Waals surface area contributed by atoms with E-state index < -0.39 is 5.79 Å². The molecule has 2 rings (SSSR count). The first-order chi connectivity index (χ1) is 13.9. The lowest BCUT2D eigenvalue weighted by molar-refractivity contribution is -0.161. The van der Waals surface area contributed by atoms with Gasteiger partial charge in [-0.15, -0.1) is 0 Å². The summed E-state index contributed by atoms with van der Waals surface area (Å²) in [6.07, 6.45) is -0.825. The monoisotopic (exact) mass is 420 g/mol. The number of carbonyl (C=O) groups excluding carboxylic acids is 1. The Morgan fingerprint density at radius 3 is 2.10 bits per heavy atom. The van der Waals surface area contributed by atoms with Crippen molar-refractivity contribution in [3.05, 3.63) is 0 Å². The summed E-state index contributed by atoms with van der Waals surface area (Å²) >= 11 is 0. The van der Waals surface area contributed by atoms with E-state index in [1.165, 1.54) is 6.92 Å². The summed E-state index contributed by atoms with van der Waals surface area (Å²) in [5.41, 5.74) is 5.32. The molecule has 2 aliphatic rings. The Balaban J connectivity index is 1.57. The van der Waals surface area contributed by atoms with Gasteiger partial charge in [0.15, 0.2) is 5.79 Å². The van der Waals surface area contributed by atoms with Gasteiger partial charge in [-0.05, 0) is 13.8 Å². The number of nitrogens with one attached hydrogen (secondary N) is 1. The minimum Gasteiger partial charge on any atom is -0.378 e. The molecule has 2 heterocycles. The molecule has 0 bridgehead atoms. The molecule has 0 aromatic rings. The molecule has 29 heavy (non-hydrogen) atoms. The molecule has 3 N–H and O–H groups in total. The fourth-order valence-corrected chi connectivity index (χ4v) is 3.30. The molecule has 2 aliphatic heterocycles. The van der Waals surface area contributed by atoms with Crippen LogP contribution < -0.4 is 11.1 Å². The van der Waals surface area contributed by atoms with Crippen molar-refractivity contribution < 1.29 is 38.0 Å². The van der Waals surface area contributed by atoms with Crippen molar-refractivity contribution in [1.29, 1.82) is 0 Å². The highest BCUT2D eigenvalue weighted by molar-refractivity contribution is 5.73. The van der Waals surface area contributed by atoms with Gasteiger partial charge in [-0.1, -0.05) is 0 Å². The molecule has 1 amide bonds. The van der Waals surface area contributed by atoms with Crippen LogP contribution in [0.3, 0.4) is 0 Å². The number of rotatable bonds is 14. The minimum atomic E-state index is -0.726. The van der Waals surface area contributed by atoms with Crippen LogP contribution in [0, 0.1) is 0 Å². The second kappa shape index (κ2) is 12.8. The highest BCUT2D eigenvalue weighted by Crippen LogP contribution is 2.35. The van der Waals surface area contributed by atoms with Gasteiger partial charge in [-0.2, -0.15) is 0 Å². The molecular formula is C19H36N2O8. The van der Waals surface area contributed by atoms with Gasteiger partial charge in [0.25, 0.3) is 0 Å². The van der Waals surface area contributed by atoms with E-state index in [2.05, 4.69) is 5.32 Å². The summed E-state index contributed by atoms with van der Waals surface area (Å²) in [4.78, 5) is 11.4. The average Bonchev–Trinajstić information content (AvgIpc) is 2.99.